The van der Waals surface area contributed by atoms with Crippen molar-refractivity contribution in [2.75, 3.05) is 5.73 Å². The summed E-state index contributed by atoms with van der Waals surface area (Å²) >= 11 is 1.41. The molecule has 0 saturated carbocycles. The smallest absolute Gasteiger partial charge is 0.314 e. The molecule has 3 aromatic rings. The number of thiazole rings is 1. The molecule has 0 spiro atoms. The molecule has 2 aromatic heterocycles. The van der Waals surface area contributed by atoms with Gasteiger partial charge in [0.2, 0.25) is 0 Å². The molecule has 0 radical (unpaired) electrons. The maximum Gasteiger partial charge on any atom is 0.314 e. The van der Waals surface area contributed by atoms with Gasteiger partial charge in [0.25, 0.3) is 0 Å². The van der Waals surface area contributed by atoms with Crippen LogP contribution in [0.1, 0.15) is 4.88 Å². The molecule has 0 amide bonds. The number of nitrogens with two attached hydrogens (primary N) is 1. The molecule has 96 valence electrons. The number of H-pyrrole nitrogens is 2. The van der Waals surface area contributed by atoms with E-state index in [1.54, 1.807) is 12.1 Å². The number of benzene rings is 1. The summed E-state index contributed by atoms with van der Waals surface area (Å²) in [6.07, 6.45) is 0. The number of aromatic nitrogens is 3. The molecule has 0 unspecified atom stereocenters. The molecule has 0 fully saturated rings. The molecule has 0 saturated heterocycles. The molecule has 19 heavy (non-hydrogen) atoms. The van der Waals surface area contributed by atoms with E-state index in [0.717, 1.165) is 16.1 Å². The Morgan fingerprint density at radius 2 is 1.84 bits per heavy atom. The number of nitrogens with one attached hydrogen (secondary N) is 2. The van der Waals surface area contributed by atoms with E-state index in [-0.39, 0.29) is 0 Å². The molecule has 0 aliphatic carbocycles. The van der Waals surface area contributed by atoms with Crippen LogP contribution in [0.5, 0.6) is 0 Å². The van der Waals surface area contributed by atoms with Crippen LogP contribution >= 0.6 is 11.3 Å². The van der Waals surface area contributed by atoms with Gasteiger partial charge in [0.05, 0.1) is 16.7 Å². The van der Waals surface area contributed by atoms with Gasteiger partial charge in [-0.05, 0) is 19.1 Å². The molecule has 0 bridgehead atoms. The predicted octanol–water partition coefficient (Wildman–Crippen LogP) is 1.23. The van der Waals surface area contributed by atoms with Crippen LogP contribution in [0.25, 0.3) is 22.3 Å². The summed E-state index contributed by atoms with van der Waals surface area (Å²) < 4.78 is 0. The minimum Gasteiger partial charge on any atom is -0.375 e. The number of aryl methyl sites for hydroxylation is 1. The Kier molecular flexibility index (Phi) is 2.49. The van der Waals surface area contributed by atoms with E-state index in [1.807, 2.05) is 13.0 Å². The molecule has 0 atom stereocenters. The van der Waals surface area contributed by atoms with Gasteiger partial charge in [-0.25, -0.2) is 4.98 Å². The third-order valence-corrected chi connectivity index (χ3v) is 3.61. The molecule has 2 heterocycles. The first-order chi connectivity index (χ1) is 9.04. The van der Waals surface area contributed by atoms with Crippen molar-refractivity contribution in [3.63, 3.8) is 0 Å². The number of hydrogen-bond acceptors (Lipinski definition) is 5. The summed E-state index contributed by atoms with van der Waals surface area (Å²) in [5.41, 5.74) is 7.13. The van der Waals surface area contributed by atoms with Crippen molar-refractivity contribution in [2.45, 2.75) is 6.92 Å². The lowest BCUT2D eigenvalue weighted by Crippen LogP contribution is -2.28. The van der Waals surface area contributed by atoms with Gasteiger partial charge in [-0.15, -0.1) is 11.3 Å². The van der Waals surface area contributed by atoms with Gasteiger partial charge in [0.15, 0.2) is 5.13 Å². The third kappa shape index (κ3) is 1.93. The Balaban J connectivity index is 2.27. The largest absolute Gasteiger partial charge is 0.375 e. The Bertz CT molecular complexity index is 891. The lowest BCUT2D eigenvalue weighted by atomic mass is 10.1. The Labute approximate surface area is 110 Å². The van der Waals surface area contributed by atoms with E-state index in [2.05, 4.69) is 15.0 Å². The second-order valence-corrected chi connectivity index (χ2v) is 5.36. The fraction of sp³-hybridized carbons (Fsp3) is 0.0833. The van der Waals surface area contributed by atoms with Gasteiger partial charge in [0.1, 0.15) is 0 Å². The first kappa shape index (κ1) is 11.7. The maximum absolute atomic E-state index is 11.3. The normalized spacial score (nSPS) is 11.0. The number of aromatic amines is 2. The molecule has 7 heteroatoms. The van der Waals surface area contributed by atoms with Crippen LogP contribution in [-0.4, -0.2) is 15.0 Å². The minimum absolute atomic E-state index is 0.502. The van der Waals surface area contributed by atoms with E-state index in [0.29, 0.717) is 16.2 Å². The summed E-state index contributed by atoms with van der Waals surface area (Å²) in [7, 11) is 0. The third-order valence-electron chi connectivity index (χ3n) is 2.81. The fourth-order valence-corrected chi connectivity index (χ4v) is 2.66. The Morgan fingerprint density at radius 1 is 1.16 bits per heavy atom. The summed E-state index contributed by atoms with van der Waals surface area (Å²) in [6.45, 7) is 1.93. The van der Waals surface area contributed by atoms with Crippen molar-refractivity contribution in [1.82, 2.24) is 15.0 Å². The summed E-state index contributed by atoms with van der Waals surface area (Å²) in [5, 5.41) is 0.502. The highest BCUT2D eigenvalue weighted by molar-refractivity contribution is 7.15. The van der Waals surface area contributed by atoms with Crippen molar-refractivity contribution in [2.24, 2.45) is 0 Å². The first-order valence-corrected chi connectivity index (χ1v) is 6.36. The van der Waals surface area contributed by atoms with E-state index in [9.17, 15) is 9.59 Å². The van der Waals surface area contributed by atoms with Crippen LogP contribution < -0.4 is 16.9 Å². The molecule has 0 aliphatic heterocycles. The van der Waals surface area contributed by atoms with Crippen molar-refractivity contribution >= 4 is 27.5 Å². The van der Waals surface area contributed by atoms with Gasteiger partial charge >= 0.3 is 11.1 Å². The lowest BCUT2D eigenvalue weighted by Gasteiger charge is -2.01. The summed E-state index contributed by atoms with van der Waals surface area (Å²) in [5.74, 6) is 0. The monoisotopic (exact) mass is 274 g/mol. The van der Waals surface area contributed by atoms with Crippen molar-refractivity contribution in [3.8, 4) is 11.3 Å². The van der Waals surface area contributed by atoms with Crippen LogP contribution in [0, 0.1) is 6.92 Å². The molecule has 6 nitrogen and oxygen atoms in total. The van der Waals surface area contributed by atoms with Crippen LogP contribution in [0.2, 0.25) is 0 Å². The second-order valence-electron chi connectivity index (χ2n) is 4.13. The van der Waals surface area contributed by atoms with Crippen LogP contribution in [0.3, 0.4) is 0 Å². The molecule has 3 rings (SSSR count). The Morgan fingerprint density at radius 3 is 2.47 bits per heavy atom. The number of fused-ring (bicyclic) bond motifs is 1. The van der Waals surface area contributed by atoms with Gasteiger partial charge in [-0.1, -0.05) is 6.07 Å². The lowest BCUT2D eigenvalue weighted by molar-refractivity contribution is 1.15. The molecule has 1 aromatic carbocycles. The number of nitrogens with zero attached hydrogens (tertiary/aromatic N) is 1. The van der Waals surface area contributed by atoms with Crippen LogP contribution in [-0.2, 0) is 0 Å². The van der Waals surface area contributed by atoms with Gasteiger partial charge in [0, 0.05) is 10.4 Å². The zero-order chi connectivity index (χ0) is 13.6. The van der Waals surface area contributed by atoms with E-state index in [4.69, 9.17) is 5.73 Å². The Hall–Kier alpha value is -2.41. The van der Waals surface area contributed by atoms with Crippen LogP contribution in [0.15, 0.2) is 27.8 Å². The van der Waals surface area contributed by atoms with Crippen molar-refractivity contribution in [1.29, 1.82) is 0 Å². The van der Waals surface area contributed by atoms with Gasteiger partial charge in [-0.3, -0.25) is 9.59 Å². The average Bonchev–Trinajstić information content (AvgIpc) is 2.69. The molecule has 4 N–H and O–H groups in total. The summed E-state index contributed by atoms with van der Waals surface area (Å²) in [4.78, 5) is 32.9. The second kappa shape index (κ2) is 4.06. The number of hydrogen-bond donors (Lipinski definition) is 3. The zero-order valence-corrected chi connectivity index (χ0v) is 10.8. The van der Waals surface area contributed by atoms with E-state index >= 15 is 0 Å². The first-order valence-electron chi connectivity index (χ1n) is 5.54. The fourth-order valence-electron chi connectivity index (χ4n) is 1.95. The van der Waals surface area contributed by atoms with Crippen molar-refractivity contribution < 1.29 is 0 Å². The average molecular weight is 274 g/mol. The van der Waals surface area contributed by atoms with Crippen molar-refractivity contribution in [3.05, 3.63) is 43.8 Å². The summed E-state index contributed by atoms with van der Waals surface area (Å²) in [6, 6.07) is 5.34. The highest BCUT2D eigenvalue weighted by atomic mass is 32.1. The topological polar surface area (TPSA) is 105 Å². The standard InChI is InChI=1S/C12H10N4O2S/c1-5-9(16-12(13)19-5)6-2-3-7-8(4-6)15-11(18)10(17)14-7/h2-4H,1H3,(H2,13,16)(H,14,17)(H,15,18). The van der Waals surface area contributed by atoms with Gasteiger partial charge in [-0.2, -0.15) is 0 Å². The van der Waals surface area contributed by atoms with Crippen LogP contribution in [0.4, 0.5) is 5.13 Å². The van der Waals surface area contributed by atoms with Gasteiger partial charge < -0.3 is 15.7 Å². The SMILES string of the molecule is Cc1sc(N)nc1-c1ccc2[nH]c(=O)c(=O)[nH]c2c1. The minimum atomic E-state index is -0.667. The highest BCUT2D eigenvalue weighted by Crippen LogP contribution is 2.29. The van der Waals surface area contributed by atoms with E-state index < -0.39 is 11.1 Å². The quantitative estimate of drug-likeness (QED) is 0.580. The highest BCUT2D eigenvalue weighted by Gasteiger charge is 2.09. The molecule has 0 aliphatic rings. The maximum atomic E-state index is 11.3. The number of nitrogen functional groups attached to an aromatic ring is 1. The zero-order valence-electron chi connectivity index (χ0n) is 9.98. The number of anilines is 1. The van der Waals surface area contributed by atoms with E-state index in [1.165, 1.54) is 11.3 Å². The predicted molar refractivity (Wildman–Crippen MR) is 75.4 cm³/mol. The molecular formula is C12H10N4O2S. The number of rotatable bonds is 1. The molecular weight excluding hydrogens is 264 g/mol.